The topological polar surface area (TPSA) is 136 Å². The first-order valence-electron chi connectivity index (χ1n) is 4.02. The fourth-order valence-electron chi connectivity index (χ4n) is 1.15. The van der Waals surface area contributed by atoms with Gasteiger partial charge in [0.25, 0.3) is 0 Å². The Morgan fingerprint density at radius 3 is 2.40 bits per heavy atom. The van der Waals surface area contributed by atoms with E-state index in [0.717, 1.165) is 0 Å². The molecule has 0 aliphatic carbocycles. The minimum atomic E-state index is -4.26. The van der Waals surface area contributed by atoms with E-state index in [4.69, 9.17) is 10.8 Å². The van der Waals surface area contributed by atoms with Crippen molar-refractivity contribution < 1.29 is 31.8 Å². The number of hydrogen-bond donors (Lipinski definition) is 3. The number of hydrogen-bond acceptors (Lipinski definition) is 8. The van der Waals surface area contributed by atoms with Crippen molar-refractivity contribution in [1.82, 2.24) is 0 Å². The van der Waals surface area contributed by atoms with Crippen LogP contribution in [0.15, 0.2) is 0 Å². The number of nitrogens with two attached hydrogens (primary N) is 1. The van der Waals surface area contributed by atoms with Crippen LogP contribution >= 0.6 is 0 Å². The lowest BCUT2D eigenvalue weighted by molar-refractivity contribution is -0.112. The van der Waals surface area contributed by atoms with E-state index in [0.29, 0.717) is 0 Å². The molecule has 15 heavy (non-hydrogen) atoms. The second-order valence-corrected chi connectivity index (χ2v) is 4.19. The maximum atomic E-state index is 10.9. The van der Waals surface area contributed by atoms with E-state index in [2.05, 4.69) is 8.37 Å². The minimum absolute atomic E-state index is 0.270. The maximum absolute atomic E-state index is 10.9. The van der Waals surface area contributed by atoms with Gasteiger partial charge >= 0.3 is 10.4 Å². The van der Waals surface area contributed by atoms with Crippen molar-refractivity contribution in [1.29, 1.82) is 0 Å². The zero-order chi connectivity index (χ0) is 11.6. The third-order valence-corrected chi connectivity index (χ3v) is 2.80. The van der Waals surface area contributed by atoms with E-state index in [-0.39, 0.29) is 6.29 Å². The van der Waals surface area contributed by atoms with Crippen molar-refractivity contribution in [3.05, 3.63) is 0 Å². The lowest BCUT2D eigenvalue weighted by Gasteiger charge is -2.20. The summed E-state index contributed by atoms with van der Waals surface area (Å²) in [6, 6.07) is -1.26. The number of carbonyl (C=O) groups excluding carboxylic acids is 1. The van der Waals surface area contributed by atoms with Crippen molar-refractivity contribution in [3.8, 4) is 0 Å². The van der Waals surface area contributed by atoms with Crippen molar-refractivity contribution in [2.75, 3.05) is 6.61 Å². The third-order valence-electron chi connectivity index (χ3n) is 1.88. The Balaban J connectivity index is 2.88. The quantitative estimate of drug-likeness (QED) is 0.440. The Morgan fingerprint density at radius 2 is 1.93 bits per heavy atom. The van der Waals surface area contributed by atoms with Crippen molar-refractivity contribution in [3.63, 3.8) is 0 Å². The van der Waals surface area contributed by atoms with E-state index in [1.165, 1.54) is 0 Å². The summed E-state index contributed by atoms with van der Waals surface area (Å²) in [6.45, 7) is -0.731. The fourth-order valence-corrected chi connectivity index (χ4v) is 2.22. The van der Waals surface area contributed by atoms with E-state index < -0.39 is 41.4 Å². The van der Waals surface area contributed by atoms with Gasteiger partial charge < -0.3 is 20.7 Å². The number of aliphatic hydroxyl groups is 2. The van der Waals surface area contributed by atoms with Gasteiger partial charge in [0.2, 0.25) is 0 Å². The highest BCUT2D eigenvalue weighted by atomic mass is 32.3. The van der Waals surface area contributed by atoms with Crippen LogP contribution in [0.1, 0.15) is 0 Å². The van der Waals surface area contributed by atoms with E-state index >= 15 is 0 Å². The summed E-state index contributed by atoms with van der Waals surface area (Å²) in [6.07, 6.45) is -3.92. The first kappa shape index (κ1) is 12.5. The number of carbonyl (C=O) groups is 1. The minimum Gasteiger partial charge on any atom is -0.394 e. The molecule has 9 heteroatoms. The van der Waals surface area contributed by atoms with Crippen molar-refractivity contribution in [2.45, 2.75) is 24.4 Å². The van der Waals surface area contributed by atoms with Gasteiger partial charge in [0, 0.05) is 0 Å². The van der Waals surface area contributed by atoms with E-state index in [9.17, 15) is 18.3 Å². The summed E-state index contributed by atoms with van der Waals surface area (Å²) in [5.74, 6) is 0. The lowest BCUT2D eigenvalue weighted by Crippen LogP contribution is -2.48. The third kappa shape index (κ3) is 2.71. The molecule has 0 bridgehead atoms. The van der Waals surface area contributed by atoms with Crippen LogP contribution in [0.2, 0.25) is 0 Å². The second-order valence-electron chi connectivity index (χ2n) is 2.99. The predicted molar refractivity (Wildman–Crippen MR) is 45.8 cm³/mol. The molecule has 0 aromatic heterocycles. The Bertz CT molecular complexity index is 328. The van der Waals surface area contributed by atoms with E-state index in [1.54, 1.807) is 0 Å². The molecule has 0 unspecified atom stereocenters. The van der Waals surface area contributed by atoms with Crippen molar-refractivity contribution >= 4 is 16.7 Å². The number of aliphatic hydroxyl groups excluding tert-OH is 2. The summed E-state index contributed by atoms with van der Waals surface area (Å²) in [5, 5.41) is 17.8. The van der Waals surface area contributed by atoms with Crippen LogP contribution < -0.4 is 5.73 Å². The molecule has 4 atom stereocenters. The Morgan fingerprint density at radius 1 is 1.40 bits per heavy atom. The molecule has 0 aromatic rings. The standard InChI is InChI=1S/C6H11NO7S/c7-3(1-8)5-6(4(10)2-9)14-15(11,12)13-5/h1,3-6,9-10H,2,7H2/t3-,4+,5+,6+/m0/s1. The van der Waals surface area contributed by atoms with E-state index in [1.807, 2.05) is 0 Å². The molecule has 0 spiro atoms. The van der Waals surface area contributed by atoms with Gasteiger partial charge in [-0.25, -0.2) is 8.37 Å². The van der Waals surface area contributed by atoms with Crippen LogP contribution in [-0.4, -0.2) is 55.9 Å². The molecule has 0 saturated carbocycles. The molecule has 0 amide bonds. The highest BCUT2D eigenvalue weighted by molar-refractivity contribution is 7.82. The highest BCUT2D eigenvalue weighted by Gasteiger charge is 2.46. The fraction of sp³-hybridized carbons (Fsp3) is 0.833. The Hall–Kier alpha value is -0.580. The van der Waals surface area contributed by atoms with Gasteiger partial charge in [0.15, 0.2) is 0 Å². The van der Waals surface area contributed by atoms with Gasteiger partial charge in [-0.2, -0.15) is 8.42 Å². The zero-order valence-corrected chi connectivity index (χ0v) is 8.33. The molecular weight excluding hydrogens is 230 g/mol. The van der Waals surface area contributed by atoms with Crippen LogP contribution in [0.5, 0.6) is 0 Å². The van der Waals surface area contributed by atoms with Crippen LogP contribution in [0, 0.1) is 0 Å². The average molecular weight is 241 g/mol. The number of aldehydes is 1. The van der Waals surface area contributed by atoms with Crippen molar-refractivity contribution in [2.24, 2.45) is 5.73 Å². The zero-order valence-electron chi connectivity index (χ0n) is 7.52. The van der Waals surface area contributed by atoms with Gasteiger partial charge in [0.1, 0.15) is 24.6 Å². The summed E-state index contributed by atoms with van der Waals surface area (Å²) in [5.41, 5.74) is 5.25. The molecule has 8 nitrogen and oxygen atoms in total. The average Bonchev–Trinajstić information content (AvgIpc) is 2.52. The maximum Gasteiger partial charge on any atom is 0.400 e. The molecule has 0 radical (unpaired) electrons. The molecule has 1 aliphatic heterocycles. The summed E-state index contributed by atoms with van der Waals surface area (Å²) in [7, 11) is -4.26. The molecular formula is C6H11NO7S. The van der Waals surface area contributed by atoms with Crippen LogP contribution in [0.3, 0.4) is 0 Å². The van der Waals surface area contributed by atoms with Crippen LogP contribution in [-0.2, 0) is 23.6 Å². The summed E-state index contributed by atoms with van der Waals surface area (Å²) in [4.78, 5) is 10.4. The normalized spacial score (nSPS) is 33.5. The molecule has 4 N–H and O–H groups in total. The number of rotatable bonds is 4. The second kappa shape index (κ2) is 4.51. The largest absolute Gasteiger partial charge is 0.400 e. The molecule has 1 fully saturated rings. The first-order chi connectivity index (χ1) is 6.91. The van der Waals surface area contributed by atoms with Gasteiger partial charge in [0.05, 0.1) is 12.6 Å². The molecule has 88 valence electrons. The van der Waals surface area contributed by atoms with Gasteiger partial charge in [-0.05, 0) is 0 Å². The predicted octanol–water partition coefficient (Wildman–Crippen LogP) is -3.11. The highest BCUT2D eigenvalue weighted by Crippen LogP contribution is 2.24. The monoisotopic (exact) mass is 241 g/mol. The molecule has 1 aliphatic rings. The SMILES string of the molecule is N[C@@H](C=O)[C@H]1OS(=O)(=O)O[C@@H]1[C@H](O)CO. The molecule has 1 saturated heterocycles. The van der Waals surface area contributed by atoms with Crippen LogP contribution in [0.4, 0.5) is 0 Å². The molecule has 0 aromatic carbocycles. The molecule has 1 rings (SSSR count). The van der Waals surface area contributed by atoms with Gasteiger partial charge in [-0.3, -0.25) is 0 Å². The van der Waals surface area contributed by atoms with Gasteiger partial charge in [-0.15, -0.1) is 0 Å². The summed E-state index contributed by atoms with van der Waals surface area (Å²) >= 11 is 0. The Labute approximate surface area is 85.9 Å². The smallest absolute Gasteiger partial charge is 0.394 e. The Kier molecular flexibility index (Phi) is 3.76. The lowest BCUT2D eigenvalue weighted by atomic mass is 10.0. The van der Waals surface area contributed by atoms with Crippen LogP contribution in [0.25, 0.3) is 0 Å². The molecule has 1 heterocycles. The first-order valence-corrected chi connectivity index (χ1v) is 5.36. The summed E-state index contributed by atoms with van der Waals surface area (Å²) < 4.78 is 30.5. The van der Waals surface area contributed by atoms with Gasteiger partial charge in [-0.1, -0.05) is 0 Å².